The van der Waals surface area contributed by atoms with Crippen LogP contribution in [-0.2, 0) is 4.74 Å². The molecule has 0 saturated carbocycles. The molecule has 0 amide bonds. The molecule has 0 aliphatic carbocycles. The highest BCUT2D eigenvalue weighted by molar-refractivity contribution is 5.95. The van der Waals surface area contributed by atoms with Gasteiger partial charge in [0.05, 0.1) is 12.7 Å². The molecule has 0 aliphatic rings. The lowest BCUT2D eigenvalue weighted by Gasteiger charge is -2.04. The average Bonchev–Trinajstić information content (AvgIpc) is 2.20. The first-order chi connectivity index (χ1) is 6.69. The van der Waals surface area contributed by atoms with Crippen LogP contribution < -0.4 is 5.73 Å². The van der Waals surface area contributed by atoms with Gasteiger partial charge in [0.25, 0.3) is 0 Å². The second kappa shape index (κ2) is 4.46. The molecule has 74 valence electrons. The summed E-state index contributed by atoms with van der Waals surface area (Å²) in [6.45, 7) is 1.91. The van der Waals surface area contributed by atoms with Crippen molar-refractivity contribution in [3.63, 3.8) is 0 Å². The fourth-order valence-corrected chi connectivity index (χ4v) is 1.16. The minimum Gasteiger partial charge on any atom is -0.465 e. The predicted octanol–water partition coefficient (Wildman–Crippen LogP) is 2.09. The molecule has 0 saturated heterocycles. The lowest BCUT2D eigenvalue weighted by Crippen LogP contribution is -2.05. The van der Waals surface area contributed by atoms with E-state index in [0.29, 0.717) is 11.3 Å². The van der Waals surface area contributed by atoms with Crippen LogP contribution in [0.4, 0.5) is 5.69 Å². The fraction of sp³-hybridized carbons (Fsp3) is 0.182. The van der Waals surface area contributed by atoms with Crippen molar-refractivity contribution < 1.29 is 9.53 Å². The highest BCUT2D eigenvalue weighted by atomic mass is 16.5. The normalized spacial score (nSPS) is 10.4. The summed E-state index contributed by atoms with van der Waals surface area (Å²) in [4.78, 5) is 11.3. The SMILES string of the molecule is C/C=C/c1ccc(N)c(C(=O)OC)c1. The monoisotopic (exact) mass is 191 g/mol. The summed E-state index contributed by atoms with van der Waals surface area (Å²) in [5.41, 5.74) is 7.41. The van der Waals surface area contributed by atoms with Gasteiger partial charge in [-0.2, -0.15) is 0 Å². The van der Waals surface area contributed by atoms with E-state index >= 15 is 0 Å². The lowest BCUT2D eigenvalue weighted by atomic mass is 10.1. The van der Waals surface area contributed by atoms with Crippen molar-refractivity contribution in [2.24, 2.45) is 0 Å². The molecule has 1 aromatic rings. The van der Waals surface area contributed by atoms with Gasteiger partial charge in [0, 0.05) is 5.69 Å². The maximum Gasteiger partial charge on any atom is 0.339 e. The van der Waals surface area contributed by atoms with Crippen LogP contribution >= 0.6 is 0 Å². The molecule has 0 aromatic heterocycles. The van der Waals surface area contributed by atoms with Crippen molar-refractivity contribution in [2.75, 3.05) is 12.8 Å². The zero-order valence-corrected chi connectivity index (χ0v) is 8.28. The van der Waals surface area contributed by atoms with Crippen molar-refractivity contribution in [3.8, 4) is 0 Å². The van der Waals surface area contributed by atoms with Gasteiger partial charge in [0.1, 0.15) is 0 Å². The van der Waals surface area contributed by atoms with E-state index in [1.165, 1.54) is 7.11 Å². The minimum atomic E-state index is -0.408. The molecule has 0 fully saturated rings. The Hall–Kier alpha value is -1.77. The molecule has 1 rings (SSSR count). The third kappa shape index (κ3) is 2.13. The van der Waals surface area contributed by atoms with Crippen LogP contribution in [0.3, 0.4) is 0 Å². The number of hydrogen-bond acceptors (Lipinski definition) is 3. The number of methoxy groups -OCH3 is 1. The molecular formula is C11H13NO2. The Morgan fingerprint density at radius 1 is 1.50 bits per heavy atom. The van der Waals surface area contributed by atoms with E-state index in [1.807, 2.05) is 25.1 Å². The van der Waals surface area contributed by atoms with Crippen LogP contribution in [0.25, 0.3) is 6.08 Å². The molecule has 0 heterocycles. The van der Waals surface area contributed by atoms with Crippen molar-refractivity contribution in [2.45, 2.75) is 6.92 Å². The Morgan fingerprint density at radius 3 is 2.79 bits per heavy atom. The zero-order chi connectivity index (χ0) is 10.6. The number of carbonyl (C=O) groups is 1. The molecule has 3 nitrogen and oxygen atoms in total. The molecule has 14 heavy (non-hydrogen) atoms. The van der Waals surface area contributed by atoms with E-state index in [1.54, 1.807) is 12.1 Å². The van der Waals surface area contributed by atoms with Crippen LogP contribution in [0.2, 0.25) is 0 Å². The summed E-state index contributed by atoms with van der Waals surface area (Å²) >= 11 is 0. The number of esters is 1. The maximum absolute atomic E-state index is 11.3. The van der Waals surface area contributed by atoms with E-state index in [9.17, 15) is 4.79 Å². The highest BCUT2D eigenvalue weighted by Gasteiger charge is 2.09. The van der Waals surface area contributed by atoms with Gasteiger partial charge in [-0.25, -0.2) is 4.79 Å². The van der Waals surface area contributed by atoms with Gasteiger partial charge in [-0.15, -0.1) is 0 Å². The van der Waals surface area contributed by atoms with Crippen molar-refractivity contribution in [1.29, 1.82) is 0 Å². The summed E-state index contributed by atoms with van der Waals surface area (Å²) in [6.07, 6.45) is 3.79. The molecule has 0 aliphatic heterocycles. The number of nitrogen functional groups attached to an aromatic ring is 1. The summed E-state index contributed by atoms with van der Waals surface area (Å²) in [6, 6.07) is 5.25. The lowest BCUT2D eigenvalue weighted by molar-refractivity contribution is 0.0602. The largest absolute Gasteiger partial charge is 0.465 e. The Kier molecular flexibility index (Phi) is 3.29. The average molecular weight is 191 g/mol. The van der Waals surface area contributed by atoms with Gasteiger partial charge in [-0.3, -0.25) is 0 Å². The van der Waals surface area contributed by atoms with Crippen molar-refractivity contribution in [3.05, 3.63) is 35.4 Å². The molecule has 1 aromatic carbocycles. The molecule has 3 heteroatoms. The summed E-state index contributed by atoms with van der Waals surface area (Å²) < 4.78 is 4.61. The fourth-order valence-electron chi connectivity index (χ4n) is 1.16. The maximum atomic E-state index is 11.3. The number of rotatable bonds is 2. The van der Waals surface area contributed by atoms with Crippen LogP contribution in [0.5, 0.6) is 0 Å². The number of allylic oxidation sites excluding steroid dienone is 1. The number of carbonyl (C=O) groups excluding carboxylic acids is 1. The molecule has 0 spiro atoms. The first-order valence-electron chi connectivity index (χ1n) is 4.29. The molecular weight excluding hydrogens is 178 g/mol. The van der Waals surface area contributed by atoms with Crippen LogP contribution in [-0.4, -0.2) is 13.1 Å². The third-order valence-corrected chi connectivity index (χ3v) is 1.84. The number of benzene rings is 1. The van der Waals surface area contributed by atoms with Gasteiger partial charge in [0.2, 0.25) is 0 Å². The van der Waals surface area contributed by atoms with Gasteiger partial charge in [0.15, 0.2) is 0 Å². The Bertz CT molecular complexity index is 370. The van der Waals surface area contributed by atoms with E-state index in [-0.39, 0.29) is 0 Å². The van der Waals surface area contributed by atoms with Gasteiger partial charge < -0.3 is 10.5 Å². The van der Waals surface area contributed by atoms with Gasteiger partial charge >= 0.3 is 5.97 Å². The van der Waals surface area contributed by atoms with Gasteiger partial charge in [-0.1, -0.05) is 18.2 Å². The van der Waals surface area contributed by atoms with E-state index < -0.39 is 5.97 Å². The Labute approximate surface area is 83.2 Å². The van der Waals surface area contributed by atoms with Crippen molar-refractivity contribution >= 4 is 17.7 Å². The summed E-state index contributed by atoms with van der Waals surface area (Å²) in [7, 11) is 1.34. The first kappa shape index (κ1) is 10.3. The molecule has 0 unspecified atom stereocenters. The van der Waals surface area contributed by atoms with Gasteiger partial charge in [-0.05, 0) is 24.6 Å². The van der Waals surface area contributed by atoms with Crippen molar-refractivity contribution in [1.82, 2.24) is 0 Å². The van der Waals surface area contributed by atoms with Crippen LogP contribution in [0.15, 0.2) is 24.3 Å². The minimum absolute atomic E-state index is 0.406. The topological polar surface area (TPSA) is 52.3 Å². The standard InChI is InChI=1S/C11H13NO2/c1-3-4-8-5-6-10(12)9(7-8)11(13)14-2/h3-7H,12H2,1-2H3/b4-3+. The quantitative estimate of drug-likeness (QED) is 0.575. The highest BCUT2D eigenvalue weighted by Crippen LogP contribution is 2.16. The Balaban J connectivity index is 3.14. The molecule has 0 atom stereocenters. The number of hydrogen-bond donors (Lipinski definition) is 1. The van der Waals surface area contributed by atoms with E-state index in [4.69, 9.17) is 5.73 Å². The zero-order valence-electron chi connectivity index (χ0n) is 8.28. The third-order valence-electron chi connectivity index (χ3n) is 1.84. The number of ether oxygens (including phenoxy) is 1. The second-order valence-corrected chi connectivity index (χ2v) is 2.84. The predicted molar refractivity (Wildman–Crippen MR) is 56.9 cm³/mol. The Morgan fingerprint density at radius 2 is 2.21 bits per heavy atom. The second-order valence-electron chi connectivity index (χ2n) is 2.84. The first-order valence-corrected chi connectivity index (χ1v) is 4.29. The smallest absolute Gasteiger partial charge is 0.339 e. The number of anilines is 1. The van der Waals surface area contributed by atoms with E-state index in [2.05, 4.69) is 4.74 Å². The molecule has 0 bridgehead atoms. The summed E-state index contributed by atoms with van der Waals surface area (Å²) in [5.74, 6) is -0.408. The van der Waals surface area contributed by atoms with E-state index in [0.717, 1.165) is 5.56 Å². The molecule has 2 N–H and O–H groups in total. The molecule has 0 radical (unpaired) electrons. The van der Waals surface area contributed by atoms with Crippen LogP contribution in [0.1, 0.15) is 22.8 Å². The summed E-state index contributed by atoms with van der Waals surface area (Å²) in [5, 5.41) is 0. The number of nitrogens with two attached hydrogens (primary N) is 1. The van der Waals surface area contributed by atoms with Crippen LogP contribution in [0, 0.1) is 0 Å².